The molecule has 0 atom stereocenters. The van der Waals surface area contributed by atoms with E-state index in [4.69, 9.17) is 4.74 Å². The third kappa shape index (κ3) is 4.30. The number of aromatic nitrogens is 2. The smallest absolute Gasteiger partial charge is 0.142 e. The van der Waals surface area contributed by atoms with Gasteiger partial charge in [0.1, 0.15) is 23.2 Å². The van der Waals surface area contributed by atoms with Crippen molar-refractivity contribution >= 4 is 23.0 Å². The molecule has 0 saturated carbocycles. The molecule has 0 unspecified atom stereocenters. The molecule has 0 spiro atoms. The molecule has 5 heteroatoms. The van der Waals surface area contributed by atoms with Gasteiger partial charge in [-0.3, -0.25) is 0 Å². The minimum Gasteiger partial charge on any atom is -0.495 e. The Morgan fingerprint density at radius 2 is 1.38 bits per heavy atom. The van der Waals surface area contributed by atoms with Crippen molar-refractivity contribution in [2.24, 2.45) is 0 Å². The third-order valence-electron chi connectivity index (χ3n) is 3.95. The van der Waals surface area contributed by atoms with Crippen molar-refractivity contribution in [3.05, 3.63) is 65.0 Å². The molecule has 134 valence electrons. The van der Waals surface area contributed by atoms with Crippen LogP contribution in [0.1, 0.15) is 22.5 Å². The van der Waals surface area contributed by atoms with Crippen LogP contribution in [-0.2, 0) is 0 Å². The van der Waals surface area contributed by atoms with E-state index < -0.39 is 0 Å². The summed E-state index contributed by atoms with van der Waals surface area (Å²) >= 11 is 0. The Bertz CT molecular complexity index is 917. The Balaban J connectivity index is 1.89. The van der Waals surface area contributed by atoms with Crippen LogP contribution in [0, 0.1) is 27.7 Å². The van der Waals surface area contributed by atoms with Crippen LogP contribution in [0.15, 0.2) is 42.5 Å². The van der Waals surface area contributed by atoms with Gasteiger partial charge in [-0.25, -0.2) is 9.97 Å². The molecule has 1 aromatic heterocycles. The molecule has 1 heterocycles. The lowest BCUT2D eigenvalue weighted by Crippen LogP contribution is -2.03. The summed E-state index contributed by atoms with van der Waals surface area (Å²) in [6.45, 7) is 8.09. The summed E-state index contributed by atoms with van der Waals surface area (Å²) in [4.78, 5) is 8.99. The van der Waals surface area contributed by atoms with Gasteiger partial charge in [0.05, 0.1) is 12.8 Å². The first-order chi connectivity index (χ1) is 12.4. The molecule has 0 fully saturated rings. The van der Waals surface area contributed by atoms with Gasteiger partial charge in [-0.05, 0) is 68.7 Å². The number of aryl methyl sites for hydroxylation is 4. The van der Waals surface area contributed by atoms with Crippen LogP contribution in [0.4, 0.5) is 23.0 Å². The van der Waals surface area contributed by atoms with Gasteiger partial charge in [-0.2, -0.15) is 0 Å². The highest BCUT2D eigenvalue weighted by Gasteiger charge is 2.08. The number of anilines is 4. The van der Waals surface area contributed by atoms with E-state index in [0.29, 0.717) is 11.6 Å². The first kappa shape index (κ1) is 17.7. The highest BCUT2D eigenvalue weighted by atomic mass is 16.5. The Morgan fingerprint density at radius 3 is 2.04 bits per heavy atom. The zero-order valence-electron chi connectivity index (χ0n) is 15.8. The van der Waals surface area contributed by atoms with Crippen LogP contribution < -0.4 is 15.4 Å². The highest BCUT2D eigenvalue weighted by molar-refractivity contribution is 5.68. The number of hydrogen-bond acceptors (Lipinski definition) is 5. The van der Waals surface area contributed by atoms with E-state index in [1.54, 1.807) is 7.11 Å². The fraction of sp³-hybridized carbons (Fsp3) is 0.238. The summed E-state index contributed by atoms with van der Waals surface area (Å²) in [5.74, 6) is 2.93. The molecular formula is C21H24N4O. The van der Waals surface area contributed by atoms with Crippen LogP contribution in [0.3, 0.4) is 0 Å². The standard InChI is InChI=1S/C21H24N4O/c1-13-6-7-19(26-5)18(11-13)25-21-12-20(22-16(4)23-21)24-17-9-14(2)8-15(3)10-17/h6-12H,1-5H3,(H2,22,23,24,25). The van der Waals surface area contributed by atoms with Crippen molar-refractivity contribution in [3.8, 4) is 5.75 Å². The lowest BCUT2D eigenvalue weighted by Gasteiger charge is -2.13. The normalized spacial score (nSPS) is 10.5. The zero-order valence-corrected chi connectivity index (χ0v) is 15.8. The second-order valence-corrected chi connectivity index (χ2v) is 6.52. The van der Waals surface area contributed by atoms with Crippen LogP contribution in [0.25, 0.3) is 0 Å². The predicted octanol–water partition coefficient (Wildman–Crippen LogP) is 5.21. The predicted molar refractivity (Wildman–Crippen MR) is 107 cm³/mol. The molecule has 3 rings (SSSR count). The van der Waals surface area contributed by atoms with Gasteiger partial charge in [0.25, 0.3) is 0 Å². The number of ether oxygens (including phenoxy) is 1. The Kier molecular flexibility index (Phi) is 5.07. The van der Waals surface area contributed by atoms with E-state index in [2.05, 4.69) is 52.6 Å². The average molecular weight is 348 g/mol. The van der Waals surface area contributed by atoms with E-state index in [-0.39, 0.29) is 0 Å². The summed E-state index contributed by atoms with van der Waals surface area (Å²) in [6.07, 6.45) is 0. The van der Waals surface area contributed by atoms with E-state index in [0.717, 1.165) is 28.5 Å². The van der Waals surface area contributed by atoms with Gasteiger partial charge in [-0.1, -0.05) is 12.1 Å². The van der Waals surface area contributed by atoms with Crippen molar-refractivity contribution in [1.82, 2.24) is 9.97 Å². The average Bonchev–Trinajstić information content (AvgIpc) is 2.53. The van der Waals surface area contributed by atoms with E-state index >= 15 is 0 Å². The van der Waals surface area contributed by atoms with Crippen LogP contribution >= 0.6 is 0 Å². The summed E-state index contributed by atoms with van der Waals surface area (Å²) in [5.41, 5.74) is 5.46. The molecule has 0 saturated heterocycles. The number of rotatable bonds is 5. The van der Waals surface area contributed by atoms with Crippen molar-refractivity contribution < 1.29 is 4.74 Å². The maximum absolute atomic E-state index is 5.43. The fourth-order valence-corrected chi connectivity index (χ4v) is 2.95. The Hall–Kier alpha value is -3.08. The maximum Gasteiger partial charge on any atom is 0.142 e. The van der Waals surface area contributed by atoms with Gasteiger partial charge in [0.2, 0.25) is 0 Å². The topological polar surface area (TPSA) is 59.1 Å². The van der Waals surface area contributed by atoms with Crippen molar-refractivity contribution in [1.29, 1.82) is 0 Å². The number of nitrogens with one attached hydrogen (secondary N) is 2. The first-order valence-electron chi connectivity index (χ1n) is 8.55. The molecule has 0 aliphatic carbocycles. The molecule has 0 aliphatic heterocycles. The van der Waals surface area contributed by atoms with Crippen LogP contribution in [-0.4, -0.2) is 17.1 Å². The molecule has 2 N–H and O–H groups in total. The van der Waals surface area contributed by atoms with E-state index in [1.807, 2.05) is 38.1 Å². The molecule has 0 aliphatic rings. The quantitative estimate of drug-likeness (QED) is 0.663. The molecule has 0 amide bonds. The summed E-state index contributed by atoms with van der Waals surface area (Å²) < 4.78 is 5.43. The van der Waals surface area contributed by atoms with Gasteiger partial charge in [0.15, 0.2) is 0 Å². The molecule has 2 aromatic carbocycles. The molecule has 0 bridgehead atoms. The molecule has 3 aromatic rings. The molecule has 26 heavy (non-hydrogen) atoms. The van der Waals surface area contributed by atoms with E-state index in [9.17, 15) is 0 Å². The first-order valence-corrected chi connectivity index (χ1v) is 8.55. The number of nitrogens with zero attached hydrogens (tertiary/aromatic N) is 2. The summed E-state index contributed by atoms with van der Waals surface area (Å²) in [6, 6.07) is 14.2. The molecule has 0 radical (unpaired) electrons. The minimum atomic E-state index is 0.688. The van der Waals surface area contributed by atoms with Gasteiger partial charge in [-0.15, -0.1) is 0 Å². The lowest BCUT2D eigenvalue weighted by atomic mass is 10.1. The second-order valence-electron chi connectivity index (χ2n) is 6.52. The van der Waals surface area contributed by atoms with Gasteiger partial charge >= 0.3 is 0 Å². The Morgan fingerprint density at radius 1 is 0.731 bits per heavy atom. The fourth-order valence-electron chi connectivity index (χ4n) is 2.95. The largest absolute Gasteiger partial charge is 0.495 e. The SMILES string of the molecule is COc1ccc(C)cc1Nc1cc(Nc2cc(C)cc(C)c2)nc(C)n1. The van der Waals surface area contributed by atoms with Crippen LogP contribution in [0.2, 0.25) is 0 Å². The summed E-state index contributed by atoms with van der Waals surface area (Å²) in [5, 5.41) is 6.71. The number of benzene rings is 2. The lowest BCUT2D eigenvalue weighted by molar-refractivity contribution is 0.416. The third-order valence-corrected chi connectivity index (χ3v) is 3.95. The zero-order chi connectivity index (χ0) is 18.7. The maximum atomic E-state index is 5.43. The van der Waals surface area contributed by atoms with Crippen molar-refractivity contribution in [3.63, 3.8) is 0 Å². The Labute approximate surface area is 154 Å². The van der Waals surface area contributed by atoms with Crippen LogP contribution in [0.5, 0.6) is 5.75 Å². The molecule has 5 nitrogen and oxygen atoms in total. The highest BCUT2D eigenvalue weighted by Crippen LogP contribution is 2.29. The van der Waals surface area contributed by atoms with E-state index in [1.165, 1.54) is 11.1 Å². The monoisotopic (exact) mass is 348 g/mol. The van der Waals surface area contributed by atoms with Crippen molar-refractivity contribution in [2.75, 3.05) is 17.7 Å². The van der Waals surface area contributed by atoms with Gasteiger partial charge in [0, 0.05) is 11.8 Å². The van der Waals surface area contributed by atoms with Crippen molar-refractivity contribution in [2.45, 2.75) is 27.7 Å². The molecular weight excluding hydrogens is 324 g/mol. The second kappa shape index (κ2) is 7.44. The number of methoxy groups -OCH3 is 1. The minimum absolute atomic E-state index is 0.688. The summed E-state index contributed by atoms with van der Waals surface area (Å²) in [7, 11) is 1.66. The number of hydrogen-bond donors (Lipinski definition) is 2. The van der Waals surface area contributed by atoms with Gasteiger partial charge < -0.3 is 15.4 Å².